The molecule has 2 amide bonds. The van der Waals surface area contributed by atoms with Crippen LogP contribution in [0.15, 0.2) is 54.4 Å². The van der Waals surface area contributed by atoms with Crippen molar-refractivity contribution in [3.63, 3.8) is 0 Å². The summed E-state index contributed by atoms with van der Waals surface area (Å²) in [5, 5.41) is 0.152. The molecule has 0 saturated carbocycles. The van der Waals surface area contributed by atoms with Crippen molar-refractivity contribution in [2.75, 3.05) is 11.4 Å². The zero-order valence-electron chi connectivity index (χ0n) is 12.4. The molecular weight excluding hydrogens is 300 g/mol. The lowest BCUT2D eigenvalue weighted by atomic mass is 10.3. The van der Waals surface area contributed by atoms with Gasteiger partial charge in [0.2, 0.25) is 5.91 Å². The zero-order valence-corrected chi connectivity index (χ0v) is 13.2. The number of allylic oxidation sites excluding steroid dienone is 2. The summed E-state index contributed by atoms with van der Waals surface area (Å²) in [4.78, 5) is 26.5. The van der Waals surface area contributed by atoms with Gasteiger partial charge >= 0.3 is 0 Å². The Morgan fingerprint density at radius 1 is 1.36 bits per heavy atom. The number of carbonyl (C=O) groups excluding carboxylic acids is 2. The summed E-state index contributed by atoms with van der Waals surface area (Å²) in [6, 6.07) is 9.21. The molecule has 0 spiro atoms. The van der Waals surface area contributed by atoms with Gasteiger partial charge in [-0.2, -0.15) is 0 Å². The van der Waals surface area contributed by atoms with E-state index in [0.717, 1.165) is 5.69 Å². The van der Waals surface area contributed by atoms with Crippen molar-refractivity contribution in [2.45, 2.75) is 13.8 Å². The molecule has 0 atom stereocenters. The molecule has 0 N–H and O–H groups in total. The van der Waals surface area contributed by atoms with Crippen molar-refractivity contribution in [2.24, 2.45) is 0 Å². The van der Waals surface area contributed by atoms with Gasteiger partial charge in [0.15, 0.2) is 5.76 Å². The van der Waals surface area contributed by atoms with Gasteiger partial charge in [-0.3, -0.25) is 19.4 Å². The predicted molar refractivity (Wildman–Crippen MR) is 87.9 cm³/mol. The fourth-order valence-electron chi connectivity index (χ4n) is 1.96. The Bertz CT molecular complexity index is 653. The van der Waals surface area contributed by atoms with Crippen molar-refractivity contribution in [1.82, 2.24) is 4.90 Å². The first-order valence-corrected chi connectivity index (χ1v) is 7.22. The van der Waals surface area contributed by atoms with Crippen molar-refractivity contribution in [3.8, 4) is 0 Å². The average Bonchev–Trinajstić information content (AvgIpc) is 2.78. The Hall–Kier alpha value is -2.47. The Morgan fingerprint density at radius 3 is 2.59 bits per heavy atom. The van der Waals surface area contributed by atoms with Gasteiger partial charge in [0.05, 0.1) is 0 Å². The van der Waals surface area contributed by atoms with Crippen molar-refractivity contribution in [3.05, 3.63) is 54.4 Å². The first-order valence-electron chi connectivity index (χ1n) is 6.81. The van der Waals surface area contributed by atoms with E-state index >= 15 is 0 Å². The maximum absolute atomic E-state index is 12.0. The fraction of sp³-hybridized carbons (Fsp3) is 0.188. The number of benzene rings is 1. The first-order chi connectivity index (χ1) is 10.5. The lowest BCUT2D eigenvalue weighted by Gasteiger charge is -2.15. The smallest absolute Gasteiger partial charge is 0.297 e. The number of thiocarbonyl (C=S) groups is 1. The highest BCUT2D eigenvalue weighted by molar-refractivity contribution is 7.80. The van der Waals surface area contributed by atoms with Crippen LogP contribution >= 0.6 is 12.2 Å². The molecule has 1 aromatic carbocycles. The molecule has 1 heterocycles. The van der Waals surface area contributed by atoms with Crippen LogP contribution < -0.4 is 4.90 Å². The lowest BCUT2D eigenvalue weighted by molar-refractivity contribution is -0.122. The Labute approximate surface area is 134 Å². The molecule has 1 aromatic rings. The normalized spacial score (nSPS) is 16.5. The van der Waals surface area contributed by atoms with Crippen LogP contribution in [0.3, 0.4) is 0 Å². The first kappa shape index (κ1) is 15.9. The number of ether oxygens (including phenoxy) is 1. The number of hydrogen-bond donors (Lipinski definition) is 0. The summed E-state index contributed by atoms with van der Waals surface area (Å²) in [6.45, 7) is 3.75. The third-order valence-corrected chi connectivity index (χ3v) is 3.35. The Kier molecular flexibility index (Phi) is 5.06. The third kappa shape index (κ3) is 3.40. The summed E-state index contributed by atoms with van der Waals surface area (Å²) >= 11 is 4.97. The van der Waals surface area contributed by atoms with Gasteiger partial charge in [-0.1, -0.05) is 18.2 Å². The van der Waals surface area contributed by atoms with E-state index in [4.69, 9.17) is 17.0 Å². The molecule has 0 bridgehead atoms. The summed E-state index contributed by atoms with van der Waals surface area (Å²) in [5.74, 6) is -0.254. The third-order valence-electron chi connectivity index (χ3n) is 3.05. The predicted octanol–water partition coefficient (Wildman–Crippen LogP) is 2.60. The van der Waals surface area contributed by atoms with E-state index in [1.54, 1.807) is 12.3 Å². The highest BCUT2D eigenvalue weighted by Gasteiger charge is 2.31. The van der Waals surface area contributed by atoms with Crippen molar-refractivity contribution in [1.29, 1.82) is 0 Å². The molecule has 0 aliphatic carbocycles. The van der Waals surface area contributed by atoms with Crippen LogP contribution in [-0.4, -0.2) is 28.4 Å². The fourth-order valence-corrected chi connectivity index (χ4v) is 2.27. The number of likely N-dealkylation sites (N-methyl/N-ethyl adjacent to an activating group) is 1. The highest BCUT2D eigenvalue weighted by Crippen LogP contribution is 2.17. The number of carbonyl (C=O) groups is 2. The standard InChI is InChI=1S/C16H16N2O3S/c1-3-17-15(20)14(21-16(17)22)10-7-11-18(12(2)19)13-8-5-4-6-9-13/h4-11H,3H2,1-2H3. The number of rotatable bonds is 4. The van der Waals surface area contributed by atoms with E-state index < -0.39 is 0 Å². The Morgan fingerprint density at radius 2 is 2.05 bits per heavy atom. The van der Waals surface area contributed by atoms with Crippen LogP contribution in [0.1, 0.15) is 13.8 Å². The van der Waals surface area contributed by atoms with Gasteiger partial charge in [0.1, 0.15) is 0 Å². The van der Waals surface area contributed by atoms with E-state index in [9.17, 15) is 9.59 Å². The molecule has 1 aliphatic rings. The SMILES string of the molecule is CCN1C(=O)C(=CC=CN(C(C)=O)c2ccccc2)OC1=S. The van der Waals surface area contributed by atoms with Crippen molar-refractivity contribution >= 4 is 34.9 Å². The quantitative estimate of drug-likeness (QED) is 0.633. The molecule has 6 heteroatoms. The summed E-state index contributed by atoms with van der Waals surface area (Å²) < 4.78 is 5.24. The van der Waals surface area contributed by atoms with Crippen molar-refractivity contribution < 1.29 is 14.3 Å². The second-order valence-corrected chi connectivity index (χ2v) is 4.86. The second kappa shape index (κ2) is 7.00. The Balaban J connectivity index is 2.17. The highest BCUT2D eigenvalue weighted by atomic mass is 32.1. The second-order valence-electron chi connectivity index (χ2n) is 4.51. The molecule has 1 fully saturated rings. The zero-order chi connectivity index (χ0) is 16.1. The molecule has 5 nitrogen and oxygen atoms in total. The van der Waals surface area contributed by atoms with Crippen LogP contribution in [0, 0.1) is 0 Å². The average molecular weight is 316 g/mol. The molecular formula is C16H16N2O3S. The maximum atomic E-state index is 12.0. The van der Waals surface area contributed by atoms with E-state index in [2.05, 4.69) is 0 Å². The van der Waals surface area contributed by atoms with Crippen LogP contribution in [0.4, 0.5) is 5.69 Å². The molecule has 22 heavy (non-hydrogen) atoms. The molecule has 2 rings (SSSR count). The van der Waals surface area contributed by atoms with Gasteiger partial charge < -0.3 is 4.74 Å². The van der Waals surface area contributed by atoms with Crippen LogP contribution in [-0.2, 0) is 14.3 Å². The van der Waals surface area contributed by atoms with Gasteiger partial charge in [-0.25, -0.2) is 0 Å². The van der Waals surface area contributed by atoms with Crippen LogP contribution in [0.25, 0.3) is 0 Å². The number of para-hydroxylation sites is 1. The van der Waals surface area contributed by atoms with E-state index in [1.165, 1.54) is 22.8 Å². The number of nitrogens with zero attached hydrogens (tertiary/aromatic N) is 2. The monoisotopic (exact) mass is 316 g/mol. The summed E-state index contributed by atoms with van der Waals surface area (Å²) in [7, 11) is 0. The molecule has 0 aromatic heterocycles. The van der Waals surface area contributed by atoms with Gasteiger partial charge in [-0.15, -0.1) is 0 Å². The van der Waals surface area contributed by atoms with Gasteiger partial charge in [0.25, 0.3) is 11.1 Å². The number of amides is 2. The molecule has 1 aliphatic heterocycles. The molecule has 0 radical (unpaired) electrons. The molecule has 1 saturated heterocycles. The van der Waals surface area contributed by atoms with E-state index in [0.29, 0.717) is 6.54 Å². The number of anilines is 1. The minimum atomic E-state index is -0.272. The van der Waals surface area contributed by atoms with E-state index in [-0.39, 0.29) is 22.7 Å². The molecule has 114 valence electrons. The van der Waals surface area contributed by atoms with Crippen LogP contribution in [0.5, 0.6) is 0 Å². The topological polar surface area (TPSA) is 49.9 Å². The largest absolute Gasteiger partial charge is 0.426 e. The number of hydrogen-bond acceptors (Lipinski definition) is 4. The maximum Gasteiger partial charge on any atom is 0.297 e. The minimum absolute atomic E-state index is 0.134. The molecule has 0 unspecified atom stereocenters. The minimum Gasteiger partial charge on any atom is -0.426 e. The van der Waals surface area contributed by atoms with Crippen LogP contribution in [0.2, 0.25) is 0 Å². The lowest BCUT2D eigenvalue weighted by Crippen LogP contribution is -2.27. The summed E-state index contributed by atoms with van der Waals surface area (Å²) in [6.07, 6.45) is 4.67. The van der Waals surface area contributed by atoms with Gasteiger partial charge in [0, 0.05) is 25.4 Å². The summed E-state index contributed by atoms with van der Waals surface area (Å²) in [5.41, 5.74) is 0.744. The van der Waals surface area contributed by atoms with E-state index in [1.807, 2.05) is 37.3 Å². The van der Waals surface area contributed by atoms with Gasteiger partial charge in [-0.05, 0) is 43.4 Å².